The Labute approximate surface area is 104 Å². The zero-order chi connectivity index (χ0) is 13.3. The molecule has 4 nitrogen and oxygen atoms in total. The minimum atomic E-state index is -1.79. The molecule has 96 valence electrons. The van der Waals surface area contributed by atoms with Crippen molar-refractivity contribution in [2.75, 3.05) is 0 Å². The summed E-state index contributed by atoms with van der Waals surface area (Å²) in [6.07, 6.45) is 0. The summed E-state index contributed by atoms with van der Waals surface area (Å²) in [5.41, 5.74) is 0.152. The van der Waals surface area contributed by atoms with Crippen molar-refractivity contribution in [3.63, 3.8) is 0 Å². The van der Waals surface area contributed by atoms with Gasteiger partial charge in [0.25, 0.3) is 0 Å². The topological polar surface area (TPSA) is 62.8 Å². The zero-order valence-electron chi connectivity index (χ0n) is 11.2. The third-order valence-electron chi connectivity index (χ3n) is 3.32. The molecular weight excluding hydrogens is 235 g/mol. The second-order valence-corrected chi connectivity index (χ2v) is 10.5. The van der Waals surface area contributed by atoms with E-state index in [0.29, 0.717) is 12.4 Å². The van der Waals surface area contributed by atoms with Gasteiger partial charge in [0.2, 0.25) is 0 Å². The summed E-state index contributed by atoms with van der Waals surface area (Å²) in [6, 6.07) is 3.26. The van der Waals surface area contributed by atoms with Crippen molar-refractivity contribution in [3.05, 3.63) is 17.9 Å². The summed E-state index contributed by atoms with van der Waals surface area (Å²) in [5, 5.41) is 18.0. The lowest BCUT2D eigenvalue weighted by Crippen LogP contribution is -2.40. The Bertz CT molecular complexity index is 368. The number of hydrogen-bond acceptors (Lipinski definition) is 4. The monoisotopic (exact) mass is 256 g/mol. The zero-order valence-corrected chi connectivity index (χ0v) is 12.2. The fourth-order valence-corrected chi connectivity index (χ4v) is 2.02. The SMILES string of the molecule is CC(C)(C)[Si](C)(C)OCc1ccc(B(O)O)o1. The Morgan fingerprint density at radius 3 is 2.29 bits per heavy atom. The van der Waals surface area contributed by atoms with E-state index in [1.54, 1.807) is 12.1 Å². The van der Waals surface area contributed by atoms with E-state index in [2.05, 4.69) is 33.9 Å². The molecular formula is C11H21BO4Si. The molecule has 0 radical (unpaired) electrons. The average Bonchev–Trinajstić information content (AvgIpc) is 2.61. The fraction of sp³-hybridized carbons (Fsp3) is 0.636. The number of furan rings is 1. The standard InChI is InChI=1S/C11H21BO4Si/c1-11(2,3)17(4,5)15-8-9-6-7-10(16-9)12(13)14/h6-7,13-14H,8H2,1-5H3. The molecule has 0 saturated heterocycles. The maximum atomic E-state index is 8.92. The first-order valence-electron chi connectivity index (χ1n) is 5.72. The van der Waals surface area contributed by atoms with Crippen molar-refractivity contribution >= 4 is 21.1 Å². The predicted octanol–water partition coefficient (Wildman–Crippen LogP) is 1.48. The quantitative estimate of drug-likeness (QED) is 0.801. The predicted molar refractivity (Wildman–Crippen MR) is 70.5 cm³/mol. The molecule has 0 bridgehead atoms. The Morgan fingerprint density at radius 1 is 1.29 bits per heavy atom. The van der Waals surface area contributed by atoms with Gasteiger partial charge in [-0.05, 0) is 30.3 Å². The fourth-order valence-electron chi connectivity index (χ4n) is 1.08. The minimum Gasteiger partial charge on any atom is -0.467 e. The van der Waals surface area contributed by atoms with Crippen molar-refractivity contribution in [1.29, 1.82) is 0 Å². The van der Waals surface area contributed by atoms with Crippen molar-refractivity contribution in [1.82, 2.24) is 0 Å². The van der Waals surface area contributed by atoms with Crippen LogP contribution in [0.1, 0.15) is 26.5 Å². The van der Waals surface area contributed by atoms with Gasteiger partial charge in [-0.15, -0.1) is 0 Å². The number of rotatable bonds is 4. The smallest absolute Gasteiger partial charge is 0.467 e. The van der Waals surface area contributed by atoms with Gasteiger partial charge in [-0.3, -0.25) is 0 Å². The molecule has 0 aliphatic heterocycles. The molecule has 0 aliphatic rings. The van der Waals surface area contributed by atoms with E-state index in [9.17, 15) is 0 Å². The van der Waals surface area contributed by atoms with Crippen molar-refractivity contribution in [2.24, 2.45) is 0 Å². The van der Waals surface area contributed by atoms with E-state index in [1.807, 2.05) is 0 Å². The van der Waals surface area contributed by atoms with Crippen LogP contribution in [0.3, 0.4) is 0 Å². The van der Waals surface area contributed by atoms with Gasteiger partial charge in [0.15, 0.2) is 8.32 Å². The van der Waals surface area contributed by atoms with Gasteiger partial charge < -0.3 is 18.9 Å². The summed E-state index contributed by atoms with van der Waals surface area (Å²) < 4.78 is 11.2. The largest absolute Gasteiger partial charge is 0.526 e. The lowest BCUT2D eigenvalue weighted by molar-refractivity contribution is 0.247. The molecule has 1 rings (SSSR count). The summed E-state index contributed by atoms with van der Waals surface area (Å²) in [4.78, 5) is 0. The second kappa shape index (κ2) is 4.98. The molecule has 0 spiro atoms. The van der Waals surface area contributed by atoms with E-state index in [4.69, 9.17) is 18.9 Å². The van der Waals surface area contributed by atoms with Crippen LogP contribution in [0.2, 0.25) is 18.1 Å². The first kappa shape index (κ1) is 14.5. The van der Waals surface area contributed by atoms with E-state index < -0.39 is 15.4 Å². The highest BCUT2D eigenvalue weighted by Crippen LogP contribution is 2.36. The van der Waals surface area contributed by atoms with Crippen molar-refractivity contribution < 1.29 is 18.9 Å². The molecule has 0 fully saturated rings. The first-order chi connectivity index (χ1) is 7.63. The van der Waals surface area contributed by atoms with Gasteiger partial charge in [-0.2, -0.15) is 0 Å². The Kier molecular flexibility index (Phi) is 4.24. The van der Waals surface area contributed by atoms with Crippen LogP contribution < -0.4 is 5.66 Å². The third-order valence-corrected chi connectivity index (χ3v) is 7.80. The van der Waals surface area contributed by atoms with Crippen LogP contribution in [0.25, 0.3) is 0 Å². The van der Waals surface area contributed by atoms with Gasteiger partial charge in [0, 0.05) is 0 Å². The molecule has 0 unspecified atom stereocenters. The highest BCUT2D eigenvalue weighted by molar-refractivity contribution is 6.74. The normalized spacial score (nSPS) is 12.9. The van der Waals surface area contributed by atoms with Gasteiger partial charge >= 0.3 is 7.12 Å². The van der Waals surface area contributed by atoms with E-state index in [0.717, 1.165) is 0 Å². The van der Waals surface area contributed by atoms with Gasteiger partial charge in [-0.25, -0.2) is 0 Å². The molecule has 2 N–H and O–H groups in total. The summed E-state index contributed by atoms with van der Waals surface area (Å²) in [7, 11) is -3.35. The molecule has 0 aromatic carbocycles. The molecule has 1 aromatic heterocycles. The highest BCUT2D eigenvalue weighted by Gasteiger charge is 2.37. The van der Waals surface area contributed by atoms with Crippen LogP contribution in [0.4, 0.5) is 0 Å². The summed E-state index contributed by atoms with van der Waals surface area (Å²) in [5.74, 6) is 0.623. The van der Waals surface area contributed by atoms with Crippen LogP contribution in [0.5, 0.6) is 0 Å². The molecule has 6 heteroatoms. The molecule has 0 aliphatic carbocycles. The molecule has 1 heterocycles. The molecule has 0 amide bonds. The molecule has 0 saturated carbocycles. The Hall–Kier alpha value is -0.558. The highest BCUT2D eigenvalue weighted by atomic mass is 28.4. The van der Waals surface area contributed by atoms with Crippen molar-refractivity contribution in [2.45, 2.75) is 45.5 Å². The lowest BCUT2D eigenvalue weighted by atomic mass is 9.88. The maximum Gasteiger partial charge on any atom is 0.526 e. The Morgan fingerprint density at radius 2 is 1.88 bits per heavy atom. The maximum absolute atomic E-state index is 8.92. The molecule has 17 heavy (non-hydrogen) atoms. The third kappa shape index (κ3) is 3.71. The average molecular weight is 256 g/mol. The van der Waals surface area contributed by atoms with E-state index >= 15 is 0 Å². The lowest BCUT2D eigenvalue weighted by Gasteiger charge is -2.35. The van der Waals surface area contributed by atoms with Crippen LogP contribution in [-0.2, 0) is 11.0 Å². The summed E-state index contributed by atoms with van der Waals surface area (Å²) in [6.45, 7) is 11.2. The second-order valence-electron chi connectivity index (χ2n) is 5.73. The molecule has 1 aromatic rings. The van der Waals surface area contributed by atoms with Crippen LogP contribution >= 0.6 is 0 Å². The Balaban J connectivity index is 2.61. The minimum absolute atomic E-state index is 0.152. The molecule has 0 atom stereocenters. The van der Waals surface area contributed by atoms with Gasteiger partial charge in [0.1, 0.15) is 11.4 Å². The number of hydrogen-bond donors (Lipinski definition) is 2. The van der Waals surface area contributed by atoms with Crippen LogP contribution in [0.15, 0.2) is 16.5 Å². The van der Waals surface area contributed by atoms with Crippen molar-refractivity contribution in [3.8, 4) is 0 Å². The van der Waals surface area contributed by atoms with Crippen LogP contribution in [0, 0.1) is 0 Å². The first-order valence-corrected chi connectivity index (χ1v) is 8.63. The van der Waals surface area contributed by atoms with Gasteiger partial charge in [-0.1, -0.05) is 20.8 Å². The van der Waals surface area contributed by atoms with E-state index in [1.165, 1.54) is 0 Å². The van der Waals surface area contributed by atoms with E-state index in [-0.39, 0.29) is 10.7 Å². The van der Waals surface area contributed by atoms with Crippen LogP contribution in [-0.4, -0.2) is 25.5 Å². The van der Waals surface area contributed by atoms with Gasteiger partial charge in [0.05, 0.1) is 6.61 Å². The summed E-state index contributed by atoms with van der Waals surface area (Å²) >= 11 is 0.